The first-order valence-corrected chi connectivity index (χ1v) is 6.68. The van der Waals surface area contributed by atoms with E-state index in [2.05, 4.69) is 37.2 Å². The highest BCUT2D eigenvalue weighted by Crippen LogP contribution is 2.34. The summed E-state index contributed by atoms with van der Waals surface area (Å²) in [5.41, 5.74) is 6.61. The largest absolute Gasteiger partial charge is 0.481 e. The third kappa shape index (κ3) is 4.29. The number of carbonyl (C=O) groups is 1. The van der Waals surface area contributed by atoms with Crippen LogP contribution in [-0.2, 0) is 11.2 Å². The number of halogens is 2. The first-order chi connectivity index (χ1) is 8.08. The van der Waals surface area contributed by atoms with Crippen LogP contribution in [0.15, 0.2) is 21.1 Å². The summed E-state index contributed by atoms with van der Waals surface area (Å²) in [4.78, 5) is 11.1. The van der Waals surface area contributed by atoms with Crippen molar-refractivity contribution in [2.45, 2.75) is 6.42 Å². The third-order valence-electron chi connectivity index (χ3n) is 2.12. The van der Waals surface area contributed by atoms with Gasteiger partial charge in [0.05, 0.1) is 8.95 Å². The maximum atomic E-state index is 11.1. The number of ether oxygens (including phenoxy) is 1. The molecule has 0 fully saturated rings. The van der Waals surface area contributed by atoms with Crippen molar-refractivity contribution in [2.24, 2.45) is 5.73 Å². The van der Waals surface area contributed by atoms with Crippen LogP contribution in [0.2, 0.25) is 0 Å². The van der Waals surface area contributed by atoms with Crippen molar-refractivity contribution < 1.29 is 9.53 Å². The minimum Gasteiger partial charge on any atom is -0.481 e. The predicted molar refractivity (Wildman–Crippen MR) is 74.2 cm³/mol. The van der Waals surface area contributed by atoms with Crippen LogP contribution < -0.4 is 15.8 Å². The van der Waals surface area contributed by atoms with E-state index in [-0.39, 0.29) is 12.5 Å². The van der Waals surface area contributed by atoms with Crippen LogP contribution in [0.4, 0.5) is 0 Å². The van der Waals surface area contributed by atoms with Gasteiger partial charge in [0.25, 0.3) is 5.91 Å². The van der Waals surface area contributed by atoms with Crippen molar-refractivity contribution in [3.05, 3.63) is 26.6 Å². The molecule has 1 aromatic rings. The van der Waals surface area contributed by atoms with Crippen LogP contribution in [0.3, 0.4) is 0 Å². The fraction of sp³-hybridized carbons (Fsp3) is 0.364. The zero-order chi connectivity index (χ0) is 12.8. The molecular weight excluding hydrogens is 352 g/mol. The van der Waals surface area contributed by atoms with Crippen molar-refractivity contribution in [1.29, 1.82) is 0 Å². The fourth-order valence-electron chi connectivity index (χ4n) is 1.27. The molecule has 0 aliphatic heterocycles. The summed E-state index contributed by atoms with van der Waals surface area (Å²) in [5.74, 6) is 0.448. The van der Waals surface area contributed by atoms with Crippen LogP contribution in [0.5, 0.6) is 5.75 Å². The summed E-state index contributed by atoms with van der Waals surface area (Å²) in [6.45, 7) is 0.585. The van der Waals surface area contributed by atoms with Gasteiger partial charge >= 0.3 is 0 Å². The van der Waals surface area contributed by atoms with Gasteiger partial charge in [0.15, 0.2) is 6.61 Å². The molecule has 0 unspecified atom stereocenters. The van der Waals surface area contributed by atoms with Crippen LogP contribution in [0, 0.1) is 0 Å². The van der Waals surface area contributed by atoms with Crippen LogP contribution >= 0.6 is 31.9 Å². The minimum atomic E-state index is -0.171. The number of rotatable bonds is 5. The minimum absolute atomic E-state index is 0.00998. The van der Waals surface area contributed by atoms with E-state index in [1.54, 1.807) is 7.05 Å². The molecule has 0 atom stereocenters. The van der Waals surface area contributed by atoms with E-state index in [1.807, 2.05) is 12.1 Å². The topological polar surface area (TPSA) is 64.3 Å². The maximum Gasteiger partial charge on any atom is 0.257 e. The number of likely N-dealkylation sites (N-methyl/N-ethyl adjacent to an activating group) is 1. The fourth-order valence-corrected chi connectivity index (χ4v) is 2.78. The summed E-state index contributed by atoms with van der Waals surface area (Å²) in [7, 11) is 1.57. The van der Waals surface area contributed by atoms with E-state index in [0.717, 1.165) is 20.9 Å². The SMILES string of the molecule is CNC(=O)COc1c(Br)cc(CCN)cc1Br. The molecule has 0 spiro atoms. The normalized spacial score (nSPS) is 10.1. The van der Waals surface area contributed by atoms with E-state index >= 15 is 0 Å². The van der Waals surface area contributed by atoms with E-state index < -0.39 is 0 Å². The second kappa shape index (κ2) is 6.98. The summed E-state index contributed by atoms with van der Waals surface area (Å²) in [6.07, 6.45) is 0.799. The molecule has 0 saturated heterocycles. The van der Waals surface area contributed by atoms with Crippen LogP contribution in [-0.4, -0.2) is 26.1 Å². The summed E-state index contributed by atoms with van der Waals surface area (Å²) >= 11 is 6.82. The lowest BCUT2D eigenvalue weighted by atomic mass is 10.1. The average Bonchev–Trinajstić information content (AvgIpc) is 2.28. The molecule has 0 aromatic heterocycles. The molecular formula is C11H14Br2N2O2. The standard InChI is InChI=1S/C11H14Br2N2O2/c1-15-10(16)6-17-11-8(12)4-7(2-3-14)5-9(11)13/h4-5H,2-3,6,14H2,1H3,(H,15,16). The Morgan fingerprint density at radius 3 is 2.47 bits per heavy atom. The number of nitrogens with two attached hydrogens (primary N) is 1. The Labute approximate surface area is 117 Å². The van der Waals surface area contributed by atoms with Crippen molar-refractivity contribution in [3.63, 3.8) is 0 Å². The number of carbonyl (C=O) groups excluding carboxylic acids is 1. The number of amides is 1. The van der Waals surface area contributed by atoms with Gasteiger partial charge in [-0.25, -0.2) is 0 Å². The summed E-state index contributed by atoms with van der Waals surface area (Å²) in [5, 5.41) is 2.49. The molecule has 4 nitrogen and oxygen atoms in total. The zero-order valence-electron chi connectivity index (χ0n) is 9.43. The molecule has 0 aliphatic rings. The monoisotopic (exact) mass is 364 g/mol. The van der Waals surface area contributed by atoms with Gasteiger partial charge in [-0.3, -0.25) is 4.79 Å². The molecule has 0 aliphatic carbocycles. The first kappa shape index (κ1) is 14.5. The molecule has 0 radical (unpaired) electrons. The van der Waals surface area contributed by atoms with Gasteiger partial charge in [-0.2, -0.15) is 0 Å². The molecule has 1 rings (SSSR count). The van der Waals surface area contributed by atoms with Crippen LogP contribution in [0.1, 0.15) is 5.56 Å². The third-order valence-corrected chi connectivity index (χ3v) is 3.30. The molecule has 3 N–H and O–H groups in total. The Morgan fingerprint density at radius 2 is 2.00 bits per heavy atom. The molecule has 0 bridgehead atoms. The second-order valence-corrected chi connectivity index (χ2v) is 5.10. The Balaban J connectivity index is 2.82. The molecule has 1 amide bonds. The van der Waals surface area contributed by atoms with Crippen molar-refractivity contribution in [1.82, 2.24) is 5.32 Å². The lowest BCUT2D eigenvalue weighted by Crippen LogP contribution is -2.25. The highest BCUT2D eigenvalue weighted by atomic mass is 79.9. The number of nitrogens with one attached hydrogen (secondary N) is 1. The van der Waals surface area contributed by atoms with Gasteiger partial charge < -0.3 is 15.8 Å². The Kier molecular flexibility index (Phi) is 5.94. The molecule has 94 valence electrons. The van der Waals surface area contributed by atoms with Gasteiger partial charge in [0, 0.05) is 7.05 Å². The number of benzene rings is 1. The molecule has 17 heavy (non-hydrogen) atoms. The predicted octanol–water partition coefficient (Wildman–Crippen LogP) is 1.84. The van der Waals surface area contributed by atoms with Crippen molar-refractivity contribution >= 4 is 37.8 Å². The molecule has 0 saturated carbocycles. The lowest BCUT2D eigenvalue weighted by Gasteiger charge is -2.11. The van der Waals surface area contributed by atoms with E-state index in [4.69, 9.17) is 10.5 Å². The number of hydrogen-bond donors (Lipinski definition) is 2. The van der Waals surface area contributed by atoms with Crippen LogP contribution in [0.25, 0.3) is 0 Å². The Bertz CT molecular complexity index is 387. The zero-order valence-corrected chi connectivity index (χ0v) is 12.6. The Morgan fingerprint density at radius 1 is 1.41 bits per heavy atom. The summed E-state index contributed by atoms with van der Waals surface area (Å²) in [6, 6.07) is 3.88. The quantitative estimate of drug-likeness (QED) is 0.836. The van der Waals surface area contributed by atoms with Gasteiger partial charge in [-0.15, -0.1) is 0 Å². The van der Waals surface area contributed by atoms with Gasteiger partial charge in [0.2, 0.25) is 0 Å². The van der Waals surface area contributed by atoms with Gasteiger partial charge in [-0.05, 0) is 62.5 Å². The lowest BCUT2D eigenvalue weighted by molar-refractivity contribution is -0.122. The van der Waals surface area contributed by atoms with E-state index in [1.165, 1.54) is 0 Å². The van der Waals surface area contributed by atoms with E-state index in [9.17, 15) is 4.79 Å². The van der Waals surface area contributed by atoms with Gasteiger partial charge in [-0.1, -0.05) is 0 Å². The van der Waals surface area contributed by atoms with E-state index in [0.29, 0.717) is 12.3 Å². The van der Waals surface area contributed by atoms with Gasteiger partial charge in [0.1, 0.15) is 5.75 Å². The highest BCUT2D eigenvalue weighted by molar-refractivity contribution is 9.11. The average molecular weight is 366 g/mol. The molecule has 1 aromatic carbocycles. The highest BCUT2D eigenvalue weighted by Gasteiger charge is 2.10. The van der Waals surface area contributed by atoms with Crippen molar-refractivity contribution in [3.8, 4) is 5.75 Å². The Hall–Kier alpha value is -0.590. The van der Waals surface area contributed by atoms with Crippen molar-refractivity contribution in [2.75, 3.05) is 20.2 Å². The number of hydrogen-bond acceptors (Lipinski definition) is 3. The summed E-state index contributed by atoms with van der Waals surface area (Å²) < 4.78 is 7.03. The second-order valence-electron chi connectivity index (χ2n) is 3.39. The first-order valence-electron chi connectivity index (χ1n) is 5.09. The smallest absolute Gasteiger partial charge is 0.257 e. The molecule has 6 heteroatoms. The maximum absolute atomic E-state index is 11.1. The molecule has 0 heterocycles.